The molecule has 0 fully saturated rings. The Bertz CT molecular complexity index is 876. The van der Waals surface area contributed by atoms with Gasteiger partial charge in [-0.1, -0.05) is 48.5 Å². The molecule has 1 unspecified atom stereocenters. The summed E-state index contributed by atoms with van der Waals surface area (Å²) in [6.07, 6.45) is 0. The number of benzene rings is 3. The van der Waals surface area contributed by atoms with Crippen molar-refractivity contribution in [2.45, 2.75) is 19.5 Å². The number of methoxy groups -OCH3 is 1. The average Bonchev–Trinajstić information content (AvgIpc) is 2.73. The number of hydrogen-bond donors (Lipinski definition) is 2. The van der Waals surface area contributed by atoms with E-state index in [1.54, 1.807) is 7.11 Å². The number of amides is 1. The van der Waals surface area contributed by atoms with E-state index in [-0.39, 0.29) is 11.9 Å². The Balaban J connectivity index is 1.58. The first kappa shape index (κ1) is 18.7. The summed E-state index contributed by atoms with van der Waals surface area (Å²) in [5, 5.41) is 6.39. The number of para-hydroxylation sites is 2. The smallest absolute Gasteiger partial charge is 0.255 e. The highest BCUT2D eigenvalue weighted by atomic mass is 16.5. The van der Waals surface area contributed by atoms with Crippen LogP contribution in [0.25, 0.3) is 0 Å². The summed E-state index contributed by atoms with van der Waals surface area (Å²) in [6, 6.07) is 25.3. The van der Waals surface area contributed by atoms with Gasteiger partial charge in [-0.15, -0.1) is 0 Å². The van der Waals surface area contributed by atoms with Gasteiger partial charge < -0.3 is 15.4 Å². The van der Waals surface area contributed by atoms with Gasteiger partial charge in [-0.2, -0.15) is 0 Å². The second-order valence-electron chi connectivity index (χ2n) is 6.36. The van der Waals surface area contributed by atoms with Crippen LogP contribution in [0.3, 0.4) is 0 Å². The third-order valence-corrected chi connectivity index (χ3v) is 4.47. The van der Waals surface area contributed by atoms with Crippen LogP contribution >= 0.6 is 0 Å². The first-order valence-electron chi connectivity index (χ1n) is 8.99. The molecule has 0 saturated carbocycles. The normalized spacial score (nSPS) is 11.6. The molecule has 3 rings (SSSR count). The van der Waals surface area contributed by atoms with Gasteiger partial charge in [-0.25, -0.2) is 0 Å². The van der Waals surface area contributed by atoms with Crippen molar-refractivity contribution in [3.8, 4) is 5.75 Å². The highest BCUT2D eigenvalue weighted by Gasteiger charge is 2.10. The molecule has 0 aliphatic carbocycles. The lowest BCUT2D eigenvalue weighted by Gasteiger charge is -2.17. The largest absolute Gasteiger partial charge is 0.496 e. The molecular formula is C23H24N2O2. The van der Waals surface area contributed by atoms with Crippen LogP contribution in [-0.2, 0) is 6.54 Å². The molecule has 27 heavy (non-hydrogen) atoms. The van der Waals surface area contributed by atoms with Crippen molar-refractivity contribution >= 4 is 11.6 Å². The van der Waals surface area contributed by atoms with Crippen molar-refractivity contribution in [3.63, 3.8) is 0 Å². The van der Waals surface area contributed by atoms with Crippen molar-refractivity contribution in [1.29, 1.82) is 0 Å². The van der Waals surface area contributed by atoms with Crippen molar-refractivity contribution in [2.75, 3.05) is 12.4 Å². The zero-order valence-electron chi connectivity index (χ0n) is 15.6. The molecular weight excluding hydrogens is 336 g/mol. The molecule has 3 aromatic carbocycles. The van der Waals surface area contributed by atoms with Crippen LogP contribution in [0.2, 0.25) is 0 Å². The SMILES string of the molecule is COc1ccccc1C(C)NCc1ccc(C(=O)Nc2ccccc2)cc1. The highest BCUT2D eigenvalue weighted by Crippen LogP contribution is 2.24. The summed E-state index contributed by atoms with van der Waals surface area (Å²) in [7, 11) is 1.69. The second kappa shape index (κ2) is 9.01. The third-order valence-electron chi connectivity index (χ3n) is 4.47. The number of rotatable bonds is 7. The van der Waals surface area contributed by atoms with Crippen LogP contribution in [-0.4, -0.2) is 13.0 Å². The lowest BCUT2D eigenvalue weighted by molar-refractivity contribution is 0.102. The lowest BCUT2D eigenvalue weighted by Crippen LogP contribution is -2.19. The van der Waals surface area contributed by atoms with Crippen LogP contribution in [0.1, 0.15) is 34.5 Å². The number of nitrogens with one attached hydrogen (secondary N) is 2. The minimum atomic E-state index is -0.108. The second-order valence-corrected chi connectivity index (χ2v) is 6.36. The Morgan fingerprint density at radius 2 is 1.59 bits per heavy atom. The van der Waals surface area contributed by atoms with Crippen molar-refractivity contribution in [1.82, 2.24) is 5.32 Å². The predicted molar refractivity (Wildman–Crippen MR) is 109 cm³/mol. The summed E-state index contributed by atoms with van der Waals surface area (Å²) >= 11 is 0. The van der Waals surface area contributed by atoms with Gasteiger partial charge >= 0.3 is 0 Å². The van der Waals surface area contributed by atoms with E-state index < -0.39 is 0 Å². The van der Waals surface area contributed by atoms with Crippen LogP contribution in [0.15, 0.2) is 78.9 Å². The standard InChI is InChI=1S/C23H24N2O2/c1-17(21-10-6-7-11-22(21)27-2)24-16-18-12-14-19(15-13-18)23(26)25-20-8-4-3-5-9-20/h3-15,17,24H,16H2,1-2H3,(H,25,26). The lowest BCUT2D eigenvalue weighted by atomic mass is 10.1. The fraction of sp³-hybridized carbons (Fsp3) is 0.174. The maximum atomic E-state index is 12.3. The highest BCUT2D eigenvalue weighted by molar-refractivity contribution is 6.04. The molecule has 0 aliphatic heterocycles. The molecule has 138 valence electrons. The summed E-state index contributed by atoms with van der Waals surface area (Å²) < 4.78 is 5.42. The number of ether oxygens (including phenoxy) is 1. The van der Waals surface area contributed by atoms with Gasteiger partial charge in [0.1, 0.15) is 5.75 Å². The molecule has 0 saturated heterocycles. The van der Waals surface area contributed by atoms with E-state index in [0.29, 0.717) is 12.1 Å². The average molecular weight is 360 g/mol. The van der Waals surface area contributed by atoms with Gasteiger partial charge in [-0.05, 0) is 42.8 Å². The molecule has 0 radical (unpaired) electrons. The molecule has 0 aliphatic rings. The topological polar surface area (TPSA) is 50.4 Å². The first-order chi connectivity index (χ1) is 13.2. The third kappa shape index (κ3) is 4.96. The van der Waals surface area contributed by atoms with Gasteiger partial charge in [0.15, 0.2) is 0 Å². The van der Waals surface area contributed by atoms with Gasteiger partial charge in [0.25, 0.3) is 5.91 Å². The van der Waals surface area contributed by atoms with Crippen molar-refractivity contribution < 1.29 is 9.53 Å². The van der Waals surface area contributed by atoms with Gasteiger partial charge in [0.05, 0.1) is 7.11 Å². The molecule has 1 amide bonds. The Morgan fingerprint density at radius 3 is 2.30 bits per heavy atom. The molecule has 0 spiro atoms. The van der Waals surface area contributed by atoms with Crippen molar-refractivity contribution in [3.05, 3.63) is 95.6 Å². The Hall–Kier alpha value is -3.11. The number of carbonyl (C=O) groups is 1. The number of anilines is 1. The van der Waals surface area contributed by atoms with E-state index in [0.717, 1.165) is 22.6 Å². The van der Waals surface area contributed by atoms with E-state index in [1.165, 1.54) is 0 Å². The van der Waals surface area contributed by atoms with Gasteiger partial charge in [-0.3, -0.25) is 4.79 Å². The molecule has 0 aromatic heterocycles. The predicted octanol–water partition coefficient (Wildman–Crippen LogP) is 4.80. The van der Waals surface area contributed by atoms with E-state index in [2.05, 4.69) is 23.6 Å². The number of hydrogen-bond acceptors (Lipinski definition) is 3. The van der Waals surface area contributed by atoms with E-state index in [9.17, 15) is 4.79 Å². The minimum Gasteiger partial charge on any atom is -0.496 e. The summed E-state index contributed by atoms with van der Waals surface area (Å²) in [4.78, 5) is 12.3. The zero-order valence-corrected chi connectivity index (χ0v) is 15.6. The van der Waals surface area contributed by atoms with E-state index >= 15 is 0 Å². The Morgan fingerprint density at radius 1 is 0.926 bits per heavy atom. The molecule has 4 nitrogen and oxygen atoms in total. The van der Waals surface area contributed by atoms with E-state index in [1.807, 2.05) is 72.8 Å². The van der Waals surface area contributed by atoms with Crippen LogP contribution in [0.4, 0.5) is 5.69 Å². The molecule has 2 N–H and O–H groups in total. The van der Waals surface area contributed by atoms with Gasteiger partial charge in [0.2, 0.25) is 0 Å². The summed E-state index contributed by atoms with van der Waals surface area (Å²) in [5.74, 6) is 0.772. The zero-order chi connectivity index (χ0) is 19.1. The molecule has 4 heteroatoms. The Kier molecular flexibility index (Phi) is 6.23. The summed E-state index contributed by atoms with van der Waals surface area (Å²) in [5.41, 5.74) is 3.67. The summed E-state index contributed by atoms with van der Waals surface area (Å²) in [6.45, 7) is 2.82. The van der Waals surface area contributed by atoms with E-state index in [4.69, 9.17) is 4.74 Å². The monoisotopic (exact) mass is 360 g/mol. The first-order valence-corrected chi connectivity index (χ1v) is 8.99. The minimum absolute atomic E-state index is 0.108. The van der Waals surface area contributed by atoms with Gasteiger partial charge in [0, 0.05) is 29.4 Å². The Labute approximate surface area is 160 Å². The fourth-order valence-electron chi connectivity index (χ4n) is 2.90. The van der Waals surface area contributed by atoms with Crippen LogP contribution < -0.4 is 15.4 Å². The number of carbonyl (C=O) groups excluding carboxylic acids is 1. The molecule has 1 atom stereocenters. The van der Waals surface area contributed by atoms with Crippen LogP contribution in [0.5, 0.6) is 5.75 Å². The quantitative estimate of drug-likeness (QED) is 0.636. The van der Waals surface area contributed by atoms with Crippen LogP contribution in [0, 0.1) is 0 Å². The fourth-order valence-corrected chi connectivity index (χ4v) is 2.90. The molecule has 3 aromatic rings. The molecule has 0 heterocycles. The molecule has 0 bridgehead atoms. The van der Waals surface area contributed by atoms with Crippen molar-refractivity contribution in [2.24, 2.45) is 0 Å². The maximum Gasteiger partial charge on any atom is 0.255 e. The maximum absolute atomic E-state index is 12.3.